The van der Waals surface area contributed by atoms with Gasteiger partial charge < -0.3 is 9.64 Å². The van der Waals surface area contributed by atoms with Crippen molar-refractivity contribution in [3.63, 3.8) is 0 Å². The molecule has 140 valence electrons. The number of amides is 2. The highest BCUT2D eigenvalue weighted by Crippen LogP contribution is 2.54. The number of carbonyl (C=O) groups is 3. The van der Waals surface area contributed by atoms with E-state index in [0.717, 1.165) is 11.1 Å². The third-order valence-corrected chi connectivity index (χ3v) is 6.65. The van der Waals surface area contributed by atoms with Crippen LogP contribution in [0.5, 0.6) is 0 Å². The molecule has 3 rings (SSSR count). The van der Waals surface area contributed by atoms with Crippen LogP contribution < -0.4 is 4.90 Å². The van der Waals surface area contributed by atoms with Crippen molar-refractivity contribution in [2.45, 2.75) is 51.1 Å². The molecule has 8 heteroatoms. The van der Waals surface area contributed by atoms with Gasteiger partial charge in [-0.2, -0.15) is 0 Å². The van der Waals surface area contributed by atoms with E-state index in [1.165, 1.54) is 31.6 Å². The van der Waals surface area contributed by atoms with Gasteiger partial charge in [0.1, 0.15) is 0 Å². The van der Waals surface area contributed by atoms with E-state index in [9.17, 15) is 14.4 Å². The van der Waals surface area contributed by atoms with E-state index < -0.39 is 17.7 Å². The smallest absolute Gasteiger partial charge is 0.303 e. The lowest BCUT2D eigenvalue weighted by atomic mass is 9.90. The van der Waals surface area contributed by atoms with E-state index in [1.807, 2.05) is 25.1 Å². The fourth-order valence-corrected chi connectivity index (χ4v) is 4.68. The van der Waals surface area contributed by atoms with Crippen LogP contribution in [0.2, 0.25) is 0 Å². The summed E-state index contributed by atoms with van der Waals surface area (Å²) in [5.74, 6) is -0.774. The van der Waals surface area contributed by atoms with Gasteiger partial charge in [-0.25, -0.2) is 0 Å². The summed E-state index contributed by atoms with van der Waals surface area (Å²) in [7, 11) is 1.42. The first kappa shape index (κ1) is 19.1. The van der Waals surface area contributed by atoms with Crippen molar-refractivity contribution in [3.05, 3.63) is 29.3 Å². The van der Waals surface area contributed by atoms with Gasteiger partial charge in [-0.15, -0.1) is 11.7 Å². The van der Waals surface area contributed by atoms with Crippen LogP contribution >= 0.6 is 22.5 Å². The molecule has 2 amide bonds. The number of rotatable bonds is 3. The predicted molar refractivity (Wildman–Crippen MR) is 104 cm³/mol. The molecule has 1 aromatic carbocycles. The largest absolute Gasteiger partial charge is 0.450 e. The summed E-state index contributed by atoms with van der Waals surface area (Å²) < 4.78 is 5.83. The van der Waals surface area contributed by atoms with Crippen molar-refractivity contribution in [3.8, 4) is 0 Å². The summed E-state index contributed by atoms with van der Waals surface area (Å²) >= 11 is 4.29. The Kier molecular flexibility index (Phi) is 5.00. The Hall–Kier alpha value is -1.67. The number of fused-ring (bicyclic) bond motifs is 3. The van der Waals surface area contributed by atoms with Gasteiger partial charge in [0.2, 0.25) is 11.8 Å². The van der Waals surface area contributed by atoms with Crippen LogP contribution in [-0.2, 0) is 24.7 Å². The monoisotopic (exact) mass is 394 g/mol. The van der Waals surface area contributed by atoms with E-state index in [1.54, 1.807) is 9.80 Å². The summed E-state index contributed by atoms with van der Waals surface area (Å²) in [4.78, 5) is 39.8. The van der Waals surface area contributed by atoms with E-state index in [2.05, 4.69) is 11.7 Å². The summed E-state index contributed by atoms with van der Waals surface area (Å²) in [6.07, 6.45) is -0.190. The third kappa shape index (κ3) is 2.79. The Morgan fingerprint density at radius 3 is 2.50 bits per heavy atom. The molecule has 1 fully saturated rings. The number of nitrogens with zero attached hydrogens (tertiary/aromatic N) is 2. The first-order chi connectivity index (χ1) is 12.2. The van der Waals surface area contributed by atoms with Crippen LogP contribution in [0.25, 0.3) is 0 Å². The highest BCUT2D eigenvalue weighted by molar-refractivity contribution is 8.68. The van der Waals surface area contributed by atoms with Gasteiger partial charge in [-0.1, -0.05) is 16.9 Å². The minimum atomic E-state index is -1.03. The zero-order valence-electron chi connectivity index (χ0n) is 15.2. The molecule has 1 aromatic rings. The van der Waals surface area contributed by atoms with Gasteiger partial charge >= 0.3 is 5.97 Å². The molecule has 0 bridgehead atoms. The molecule has 0 spiro atoms. The van der Waals surface area contributed by atoms with E-state index in [4.69, 9.17) is 4.74 Å². The molecule has 2 aliphatic rings. The number of carbonyl (C=O) groups excluding carboxylic acids is 3. The number of hydrogen-bond donors (Lipinski definition) is 1. The van der Waals surface area contributed by atoms with Gasteiger partial charge in [0.05, 0.1) is 5.69 Å². The summed E-state index contributed by atoms with van der Waals surface area (Å²) in [5, 5.41) is 0.133. The Balaban J connectivity index is 2.23. The molecular weight excluding hydrogens is 372 g/mol. The molecule has 0 radical (unpaired) electrons. The highest BCUT2D eigenvalue weighted by atomic mass is 33.1. The fraction of sp³-hybridized carbons (Fsp3) is 0.500. The van der Waals surface area contributed by atoms with Crippen LogP contribution in [0, 0.1) is 0 Å². The van der Waals surface area contributed by atoms with Crippen LogP contribution in [0.15, 0.2) is 18.2 Å². The number of anilines is 1. The Morgan fingerprint density at radius 1 is 1.27 bits per heavy atom. The standard InChI is InChI=1S/C18H22N2O4S2/c1-10(26-25)14-5-6-16-15(9-14)18(24-13(4)23)7-8-19(11(2)21)17(18)20(16)12(3)22/h5-6,9-10,17,25H,7-8H2,1-4H3. The maximum atomic E-state index is 12.5. The lowest BCUT2D eigenvalue weighted by Crippen LogP contribution is -2.54. The Labute approximate surface area is 162 Å². The quantitative estimate of drug-likeness (QED) is 0.485. The van der Waals surface area contributed by atoms with Crippen molar-refractivity contribution >= 4 is 45.9 Å². The number of ether oxygens (including phenoxy) is 1. The van der Waals surface area contributed by atoms with Gasteiger partial charge in [-0.05, 0) is 24.6 Å². The first-order valence-electron chi connectivity index (χ1n) is 8.44. The van der Waals surface area contributed by atoms with Gasteiger partial charge in [0.25, 0.3) is 0 Å². The zero-order valence-corrected chi connectivity index (χ0v) is 16.9. The molecule has 6 nitrogen and oxygen atoms in total. The number of benzene rings is 1. The number of esters is 1. The molecule has 3 unspecified atom stereocenters. The van der Waals surface area contributed by atoms with Gasteiger partial charge in [0, 0.05) is 44.6 Å². The van der Waals surface area contributed by atoms with Crippen molar-refractivity contribution in [2.24, 2.45) is 0 Å². The third-order valence-electron chi connectivity index (χ3n) is 5.11. The number of likely N-dealkylation sites (tertiary alicyclic amines) is 1. The minimum absolute atomic E-state index is 0.133. The Morgan fingerprint density at radius 2 is 1.96 bits per heavy atom. The molecule has 0 saturated carbocycles. The van der Waals surface area contributed by atoms with Crippen molar-refractivity contribution in [1.82, 2.24) is 4.90 Å². The second kappa shape index (κ2) is 6.81. The molecule has 1 saturated heterocycles. The van der Waals surface area contributed by atoms with E-state index in [0.29, 0.717) is 18.7 Å². The maximum Gasteiger partial charge on any atom is 0.303 e. The second-order valence-corrected chi connectivity index (χ2v) is 8.28. The Bertz CT molecular complexity index is 784. The summed E-state index contributed by atoms with van der Waals surface area (Å²) in [6, 6.07) is 5.80. The molecule has 2 heterocycles. The molecule has 0 aromatic heterocycles. The van der Waals surface area contributed by atoms with Crippen molar-refractivity contribution < 1.29 is 19.1 Å². The molecule has 26 heavy (non-hydrogen) atoms. The average molecular weight is 395 g/mol. The molecule has 0 N–H and O–H groups in total. The van der Waals surface area contributed by atoms with Crippen LogP contribution in [-0.4, -0.2) is 35.4 Å². The van der Waals surface area contributed by atoms with E-state index in [-0.39, 0.29) is 17.1 Å². The fourth-order valence-electron chi connectivity index (χ4n) is 4.05. The van der Waals surface area contributed by atoms with Gasteiger partial charge in [-0.3, -0.25) is 19.3 Å². The normalized spacial score (nSPS) is 24.9. The summed E-state index contributed by atoms with van der Waals surface area (Å²) in [6.45, 7) is 6.75. The molecule has 3 atom stereocenters. The lowest BCUT2D eigenvalue weighted by molar-refractivity contribution is -0.162. The maximum absolute atomic E-state index is 12.5. The zero-order chi connectivity index (χ0) is 19.2. The van der Waals surface area contributed by atoms with Crippen LogP contribution in [0.3, 0.4) is 0 Å². The van der Waals surface area contributed by atoms with Gasteiger partial charge in [0.15, 0.2) is 11.8 Å². The summed E-state index contributed by atoms with van der Waals surface area (Å²) in [5.41, 5.74) is 1.47. The van der Waals surface area contributed by atoms with Crippen LogP contribution in [0.4, 0.5) is 5.69 Å². The second-order valence-electron chi connectivity index (χ2n) is 6.73. The minimum Gasteiger partial charge on any atom is -0.450 e. The first-order valence-corrected chi connectivity index (χ1v) is 10.4. The van der Waals surface area contributed by atoms with E-state index >= 15 is 0 Å². The molecule has 2 aliphatic heterocycles. The topological polar surface area (TPSA) is 66.9 Å². The number of thiol groups is 1. The molecule has 0 aliphatic carbocycles. The van der Waals surface area contributed by atoms with Crippen molar-refractivity contribution in [1.29, 1.82) is 0 Å². The highest BCUT2D eigenvalue weighted by Gasteiger charge is 2.62. The van der Waals surface area contributed by atoms with Crippen molar-refractivity contribution in [2.75, 3.05) is 11.4 Å². The number of hydrogen-bond acceptors (Lipinski definition) is 6. The van der Waals surface area contributed by atoms with Crippen LogP contribution in [0.1, 0.15) is 50.5 Å². The average Bonchev–Trinajstić information content (AvgIpc) is 3.05. The SMILES string of the molecule is CC(=O)OC12CCN(C(C)=O)C1N(C(C)=O)c1ccc(C(C)SS)cc12. The predicted octanol–water partition coefficient (Wildman–Crippen LogP) is 3.03. The molecular formula is C18H22N2O4S2. The lowest BCUT2D eigenvalue weighted by Gasteiger charge is -2.35.